The molecule has 5 aromatic rings. The Morgan fingerprint density at radius 2 is 1.70 bits per heavy atom. The van der Waals surface area contributed by atoms with Gasteiger partial charge in [0.15, 0.2) is 5.60 Å². The molecule has 0 spiro atoms. The summed E-state index contributed by atoms with van der Waals surface area (Å²) < 4.78 is 2.90. The average Bonchev–Trinajstić information content (AvgIpc) is 3.24. The number of benzene rings is 3. The summed E-state index contributed by atoms with van der Waals surface area (Å²) in [5, 5.41) is 13.7. The van der Waals surface area contributed by atoms with Gasteiger partial charge < -0.3 is 9.67 Å². The lowest BCUT2D eigenvalue weighted by Gasteiger charge is -2.30. The lowest BCUT2D eigenvalue weighted by atomic mass is 9.83. The minimum atomic E-state index is -1.45. The van der Waals surface area contributed by atoms with Gasteiger partial charge in [-0.25, -0.2) is 15.0 Å². The van der Waals surface area contributed by atoms with E-state index in [0.717, 1.165) is 20.1 Å². The first-order valence-electron chi connectivity index (χ1n) is 10.0. The molecule has 0 fully saturated rings. The molecule has 0 bridgehead atoms. The largest absolute Gasteiger partial charge is 0.374 e. The molecule has 5 nitrogen and oxygen atoms in total. The molecular formula is C25H17Cl2IN4O. The summed E-state index contributed by atoms with van der Waals surface area (Å²) in [5.41, 5.74) is 2.70. The average molecular weight is 587 g/mol. The van der Waals surface area contributed by atoms with E-state index in [0.29, 0.717) is 27.5 Å². The van der Waals surface area contributed by atoms with Gasteiger partial charge in [-0.3, -0.25) is 0 Å². The number of aryl methyl sites for hydroxylation is 1. The van der Waals surface area contributed by atoms with E-state index >= 15 is 0 Å². The monoisotopic (exact) mass is 586 g/mol. The maximum atomic E-state index is 12.3. The van der Waals surface area contributed by atoms with Gasteiger partial charge in [0.25, 0.3) is 0 Å². The Kier molecular flexibility index (Phi) is 5.86. The second kappa shape index (κ2) is 8.68. The van der Waals surface area contributed by atoms with Crippen LogP contribution in [-0.4, -0.2) is 24.6 Å². The van der Waals surface area contributed by atoms with Crippen molar-refractivity contribution in [2.45, 2.75) is 5.60 Å². The van der Waals surface area contributed by atoms with E-state index < -0.39 is 5.60 Å². The van der Waals surface area contributed by atoms with Crippen LogP contribution < -0.4 is 0 Å². The number of halogens is 3. The van der Waals surface area contributed by atoms with Gasteiger partial charge in [0.2, 0.25) is 5.28 Å². The molecule has 0 saturated carbocycles. The van der Waals surface area contributed by atoms with Gasteiger partial charge in [0.1, 0.15) is 0 Å². The van der Waals surface area contributed by atoms with Crippen molar-refractivity contribution in [3.63, 3.8) is 0 Å². The Balaban J connectivity index is 1.80. The van der Waals surface area contributed by atoms with E-state index in [-0.39, 0.29) is 5.28 Å². The molecule has 5 rings (SSSR count). The van der Waals surface area contributed by atoms with Crippen molar-refractivity contribution in [2.75, 3.05) is 0 Å². The van der Waals surface area contributed by atoms with Gasteiger partial charge in [-0.1, -0.05) is 41.9 Å². The molecule has 1 unspecified atom stereocenters. The fourth-order valence-electron chi connectivity index (χ4n) is 4.04. The Hall–Kier alpha value is -2.52. The molecule has 0 amide bonds. The van der Waals surface area contributed by atoms with Gasteiger partial charge in [-0.2, -0.15) is 0 Å². The number of aliphatic hydroxyl groups is 1. The Bertz CT molecular complexity index is 1490. The molecule has 1 atom stereocenters. The van der Waals surface area contributed by atoms with Crippen LogP contribution in [0, 0.1) is 3.57 Å². The van der Waals surface area contributed by atoms with E-state index in [9.17, 15) is 5.11 Å². The van der Waals surface area contributed by atoms with E-state index in [4.69, 9.17) is 23.2 Å². The number of rotatable bonds is 4. The molecule has 0 aliphatic heterocycles. The Morgan fingerprint density at radius 1 is 0.939 bits per heavy atom. The Labute approximate surface area is 214 Å². The predicted molar refractivity (Wildman–Crippen MR) is 139 cm³/mol. The number of hydrogen-bond acceptors (Lipinski definition) is 4. The topological polar surface area (TPSA) is 63.8 Å². The van der Waals surface area contributed by atoms with Crippen molar-refractivity contribution < 1.29 is 5.11 Å². The van der Waals surface area contributed by atoms with E-state index in [1.165, 1.54) is 0 Å². The molecule has 0 saturated heterocycles. The van der Waals surface area contributed by atoms with Crippen molar-refractivity contribution in [2.24, 2.45) is 7.05 Å². The van der Waals surface area contributed by atoms with E-state index in [2.05, 4.69) is 37.5 Å². The van der Waals surface area contributed by atoms with Crippen LogP contribution in [0.5, 0.6) is 0 Å². The maximum Gasteiger partial charge on any atom is 0.223 e. The molecule has 8 heteroatoms. The van der Waals surface area contributed by atoms with Crippen LogP contribution in [-0.2, 0) is 12.6 Å². The number of imidazole rings is 1. The first-order valence-corrected chi connectivity index (χ1v) is 11.9. The second-order valence-electron chi connectivity index (χ2n) is 7.69. The predicted octanol–water partition coefficient (Wildman–Crippen LogP) is 6.23. The van der Waals surface area contributed by atoms with Crippen LogP contribution in [0.4, 0.5) is 0 Å². The zero-order valence-electron chi connectivity index (χ0n) is 17.4. The molecule has 0 radical (unpaired) electrons. The van der Waals surface area contributed by atoms with Gasteiger partial charge in [-0.15, -0.1) is 0 Å². The summed E-state index contributed by atoms with van der Waals surface area (Å²) >= 11 is 14.7. The summed E-state index contributed by atoms with van der Waals surface area (Å²) in [5.74, 6) is 0. The van der Waals surface area contributed by atoms with E-state index in [1.807, 2.05) is 72.3 Å². The highest BCUT2D eigenvalue weighted by Gasteiger charge is 2.37. The fraction of sp³-hybridized carbons (Fsp3) is 0.0800. The van der Waals surface area contributed by atoms with Crippen LogP contribution >= 0.6 is 45.8 Å². The maximum absolute atomic E-state index is 12.3. The van der Waals surface area contributed by atoms with Crippen molar-refractivity contribution in [3.8, 4) is 11.3 Å². The van der Waals surface area contributed by atoms with Crippen LogP contribution in [0.25, 0.3) is 22.2 Å². The number of nitrogens with zero attached hydrogens (tertiary/aromatic N) is 4. The van der Waals surface area contributed by atoms with Gasteiger partial charge >= 0.3 is 0 Å². The van der Waals surface area contributed by atoms with Gasteiger partial charge in [0.05, 0.1) is 29.4 Å². The minimum absolute atomic E-state index is 0.143. The Morgan fingerprint density at radius 3 is 2.39 bits per heavy atom. The summed E-state index contributed by atoms with van der Waals surface area (Å²) in [6.45, 7) is 0. The molecule has 2 heterocycles. The SMILES string of the molecule is Cn1cncc1C(O)(c1ccc(I)cc1)c1ccc2nc(Cl)nc(-c3cccc(Cl)c3)c2c1. The zero-order chi connectivity index (χ0) is 23.2. The number of aromatic nitrogens is 4. The van der Waals surface area contributed by atoms with Crippen molar-refractivity contribution >= 4 is 56.7 Å². The lowest BCUT2D eigenvalue weighted by molar-refractivity contribution is 0.117. The zero-order valence-corrected chi connectivity index (χ0v) is 21.0. The van der Waals surface area contributed by atoms with Crippen molar-refractivity contribution in [3.05, 3.63) is 110 Å². The smallest absolute Gasteiger partial charge is 0.223 e. The first-order chi connectivity index (χ1) is 15.9. The summed E-state index contributed by atoms with van der Waals surface area (Å²) in [6.07, 6.45) is 3.35. The quantitative estimate of drug-likeness (QED) is 0.200. The molecule has 0 aliphatic rings. The normalized spacial score (nSPS) is 13.2. The van der Waals surface area contributed by atoms with Crippen LogP contribution in [0.3, 0.4) is 0 Å². The molecule has 164 valence electrons. The van der Waals surface area contributed by atoms with Gasteiger partial charge in [-0.05, 0) is 81.7 Å². The molecular weight excluding hydrogens is 570 g/mol. The van der Waals surface area contributed by atoms with Crippen LogP contribution in [0.1, 0.15) is 16.8 Å². The lowest BCUT2D eigenvalue weighted by Crippen LogP contribution is -2.31. The van der Waals surface area contributed by atoms with Crippen LogP contribution in [0.15, 0.2) is 79.3 Å². The van der Waals surface area contributed by atoms with Gasteiger partial charge in [0, 0.05) is 26.6 Å². The molecule has 2 aromatic heterocycles. The highest BCUT2D eigenvalue weighted by atomic mass is 127. The third-order valence-corrected chi connectivity index (χ3v) is 6.76. The highest BCUT2D eigenvalue weighted by Crippen LogP contribution is 2.39. The minimum Gasteiger partial charge on any atom is -0.374 e. The molecule has 1 N–H and O–H groups in total. The number of fused-ring (bicyclic) bond motifs is 1. The molecule has 33 heavy (non-hydrogen) atoms. The summed E-state index contributed by atoms with van der Waals surface area (Å²) in [6, 6.07) is 20.8. The van der Waals surface area contributed by atoms with Crippen molar-refractivity contribution in [1.29, 1.82) is 0 Å². The first kappa shape index (κ1) is 22.3. The van der Waals surface area contributed by atoms with Crippen LogP contribution in [0.2, 0.25) is 10.3 Å². The molecule has 0 aliphatic carbocycles. The van der Waals surface area contributed by atoms with E-state index in [1.54, 1.807) is 18.6 Å². The summed E-state index contributed by atoms with van der Waals surface area (Å²) in [4.78, 5) is 13.1. The fourth-order valence-corrected chi connectivity index (χ4v) is 4.77. The highest BCUT2D eigenvalue weighted by molar-refractivity contribution is 14.1. The third kappa shape index (κ3) is 4.01. The molecule has 3 aromatic carbocycles. The summed E-state index contributed by atoms with van der Waals surface area (Å²) in [7, 11) is 1.86. The third-order valence-electron chi connectivity index (χ3n) is 5.63. The standard InChI is InChI=1S/C25H17Cl2IN4O/c1-32-14-29-13-22(32)25(33,16-5-8-19(28)9-6-16)17-7-10-21-20(12-17)23(31-24(27)30-21)15-3-2-4-18(26)11-15/h2-14,33H,1H3. The van der Waals surface area contributed by atoms with Crippen molar-refractivity contribution in [1.82, 2.24) is 19.5 Å². The second-order valence-corrected chi connectivity index (χ2v) is 9.71. The number of hydrogen-bond donors (Lipinski definition) is 1.